The monoisotopic (exact) mass is 381 g/mol. The largest absolute Gasteiger partial charge is 0.352 e. The number of likely N-dealkylation sites (tertiary alicyclic amines) is 1. The summed E-state index contributed by atoms with van der Waals surface area (Å²) in [6.45, 7) is 0.577. The van der Waals surface area contributed by atoms with Crippen molar-refractivity contribution in [3.8, 4) is 0 Å². The van der Waals surface area contributed by atoms with Gasteiger partial charge in [-0.25, -0.2) is 0 Å². The van der Waals surface area contributed by atoms with Crippen molar-refractivity contribution in [1.82, 2.24) is 25.3 Å². The van der Waals surface area contributed by atoms with E-state index in [-0.39, 0.29) is 23.8 Å². The summed E-state index contributed by atoms with van der Waals surface area (Å²) < 4.78 is 1.76. The van der Waals surface area contributed by atoms with Crippen LogP contribution in [0.2, 0.25) is 0 Å². The number of carbonyl (C=O) groups excluding carboxylic acids is 2. The van der Waals surface area contributed by atoms with Gasteiger partial charge in [-0.05, 0) is 18.4 Å². The predicted octanol–water partition coefficient (Wildman–Crippen LogP) is 1.55. The molecule has 1 aliphatic heterocycles. The SMILES string of the molecule is CN1C(=O)C[C@@H](CNC(C(=O)NC2CC2)c2ccccc2)[C@@H]1c1cnn(C)c1. The van der Waals surface area contributed by atoms with Crippen LogP contribution in [-0.4, -0.2) is 46.1 Å². The number of amides is 2. The first-order valence-electron chi connectivity index (χ1n) is 9.86. The molecule has 1 aliphatic carbocycles. The van der Waals surface area contributed by atoms with Crippen LogP contribution in [0.3, 0.4) is 0 Å². The number of carbonyl (C=O) groups is 2. The van der Waals surface area contributed by atoms with E-state index < -0.39 is 6.04 Å². The summed E-state index contributed by atoms with van der Waals surface area (Å²) in [5.41, 5.74) is 1.97. The highest BCUT2D eigenvalue weighted by Gasteiger charge is 2.39. The van der Waals surface area contributed by atoms with E-state index in [1.54, 1.807) is 9.58 Å². The third kappa shape index (κ3) is 3.94. The second-order valence-electron chi connectivity index (χ2n) is 7.90. The Hall–Kier alpha value is -2.67. The van der Waals surface area contributed by atoms with Crippen LogP contribution in [0.5, 0.6) is 0 Å². The summed E-state index contributed by atoms with van der Waals surface area (Å²) >= 11 is 0. The number of nitrogens with zero attached hydrogens (tertiary/aromatic N) is 3. The van der Waals surface area contributed by atoms with E-state index >= 15 is 0 Å². The molecule has 3 atom stereocenters. The van der Waals surface area contributed by atoms with Crippen molar-refractivity contribution in [1.29, 1.82) is 0 Å². The Labute approximate surface area is 165 Å². The van der Waals surface area contributed by atoms with E-state index in [0.29, 0.717) is 19.0 Å². The van der Waals surface area contributed by atoms with Gasteiger partial charge in [-0.3, -0.25) is 14.3 Å². The minimum atomic E-state index is -0.419. The van der Waals surface area contributed by atoms with Crippen molar-refractivity contribution in [3.05, 3.63) is 53.9 Å². The minimum Gasteiger partial charge on any atom is -0.352 e. The van der Waals surface area contributed by atoms with E-state index in [2.05, 4.69) is 15.7 Å². The van der Waals surface area contributed by atoms with Crippen LogP contribution < -0.4 is 10.6 Å². The first-order valence-corrected chi connectivity index (χ1v) is 9.86. The maximum absolute atomic E-state index is 12.8. The Kier molecular flexibility index (Phi) is 5.17. The van der Waals surface area contributed by atoms with Gasteiger partial charge in [0.2, 0.25) is 11.8 Å². The molecule has 28 heavy (non-hydrogen) atoms. The average Bonchev–Trinajstić information content (AvgIpc) is 3.32. The molecule has 2 heterocycles. The summed E-state index contributed by atoms with van der Waals surface area (Å²) in [5.74, 6) is 0.213. The third-order valence-electron chi connectivity index (χ3n) is 5.66. The maximum Gasteiger partial charge on any atom is 0.241 e. The Balaban J connectivity index is 1.50. The first-order chi connectivity index (χ1) is 13.5. The number of rotatable bonds is 7. The molecule has 2 amide bonds. The molecule has 1 aromatic heterocycles. The molecule has 2 N–H and O–H groups in total. The van der Waals surface area contributed by atoms with E-state index in [0.717, 1.165) is 24.0 Å². The molecule has 7 nitrogen and oxygen atoms in total. The van der Waals surface area contributed by atoms with Crippen LogP contribution in [-0.2, 0) is 16.6 Å². The number of aromatic nitrogens is 2. The molecule has 2 aromatic rings. The van der Waals surface area contributed by atoms with Crippen molar-refractivity contribution in [2.24, 2.45) is 13.0 Å². The smallest absolute Gasteiger partial charge is 0.241 e. The van der Waals surface area contributed by atoms with E-state index in [4.69, 9.17) is 0 Å². The summed E-state index contributed by atoms with van der Waals surface area (Å²) in [6, 6.07) is 9.63. The van der Waals surface area contributed by atoms with Gasteiger partial charge in [-0.2, -0.15) is 5.10 Å². The molecule has 1 saturated carbocycles. The maximum atomic E-state index is 12.8. The fourth-order valence-corrected chi connectivity index (χ4v) is 4.01. The van der Waals surface area contributed by atoms with Crippen LogP contribution in [0.1, 0.15) is 42.5 Å². The van der Waals surface area contributed by atoms with Crippen molar-refractivity contribution < 1.29 is 9.59 Å². The standard InChI is InChI=1S/C21H27N5O2/c1-25-13-16(12-23-25)20-15(10-18(27)26(20)2)11-22-19(14-6-4-3-5-7-14)21(28)24-17-8-9-17/h3-7,12-13,15,17,19-20,22H,8-11H2,1-2H3,(H,24,28)/t15-,19?,20+/m0/s1. The molecule has 2 aliphatic rings. The number of nitrogens with one attached hydrogen (secondary N) is 2. The Morgan fingerprint density at radius 3 is 2.64 bits per heavy atom. The Bertz CT molecular complexity index is 845. The van der Waals surface area contributed by atoms with Gasteiger partial charge in [0.1, 0.15) is 6.04 Å². The molecule has 4 rings (SSSR count). The summed E-state index contributed by atoms with van der Waals surface area (Å²) in [6.07, 6.45) is 6.35. The van der Waals surface area contributed by atoms with Gasteiger partial charge in [-0.1, -0.05) is 30.3 Å². The normalized spacial score (nSPS) is 23.1. The lowest BCUT2D eigenvalue weighted by Crippen LogP contribution is -2.41. The van der Waals surface area contributed by atoms with Crippen LogP contribution in [0, 0.1) is 5.92 Å². The molecule has 1 aromatic carbocycles. The quantitative estimate of drug-likeness (QED) is 0.763. The van der Waals surface area contributed by atoms with Crippen molar-refractivity contribution in [3.63, 3.8) is 0 Å². The zero-order chi connectivity index (χ0) is 19.7. The topological polar surface area (TPSA) is 79.3 Å². The fraction of sp³-hybridized carbons (Fsp3) is 0.476. The van der Waals surface area contributed by atoms with Crippen molar-refractivity contribution in [2.45, 2.75) is 37.4 Å². The lowest BCUT2D eigenvalue weighted by Gasteiger charge is -2.26. The van der Waals surface area contributed by atoms with Gasteiger partial charge in [0, 0.05) is 50.8 Å². The zero-order valence-electron chi connectivity index (χ0n) is 16.3. The van der Waals surface area contributed by atoms with Gasteiger partial charge >= 0.3 is 0 Å². The Morgan fingerprint density at radius 2 is 2.00 bits per heavy atom. The molecule has 0 spiro atoms. The van der Waals surface area contributed by atoms with E-state index in [1.807, 2.05) is 56.8 Å². The lowest BCUT2D eigenvalue weighted by atomic mass is 9.95. The molecule has 1 saturated heterocycles. The number of hydrogen-bond acceptors (Lipinski definition) is 4. The van der Waals surface area contributed by atoms with Gasteiger partial charge in [0.15, 0.2) is 0 Å². The summed E-state index contributed by atoms with van der Waals surface area (Å²) in [4.78, 5) is 27.0. The molecular weight excluding hydrogens is 354 g/mol. The zero-order valence-corrected chi connectivity index (χ0v) is 16.3. The molecule has 0 bridgehead atoms. The summed E-state index contributed by atoms with van der Waals surface area (Å²) in [7, 11) is 3.72. The van der Waals surface area contributed by atoms with Crippen molar-refractivity contribution >= 4 is 11.8 Å². The molecule has 148 valence electrons. The molecule has 0 radical (unpaired) electrons. The van der Waals surface area contributed by atoms with E-state index in [1.165, 1.54) is 0 Å². The fourth-order valence-electron chi connectivity index (χ4n) is 4.01. The minimum absolute atomic E-state index is 0.00399. The van der Waals surface area contributed by atoms with Crippen molar-refractivity contribution in [2.75, 3.05) is 13.6 Å². The highest BCUT2D eigenvalue weighted by molar-refractivity contribution is 5.84. The number of aryl methyl sites for hydroxylation is 1. The van der Waals surface area contributed by atoms with Crippen LogP contribution in [0.15, 0.2) is 42.7 Å². The molecule has 1 unspecified atom stereocenters. The molecular formula is C21H27N5O2. The Morgan fingerprint density at radius 1 is 1.25 bits per heavy atom. The van der Waals surface area contributed by atoms with Crippen LogP contribution in [0.25, 0.3) is 0 Å². The molecule has 2 fully saturated rings. The highest BCUT2D eigenvalue weighted by atomic mass is 16.2. The average molecular weight is 381 g/mol. The van der Waals surface area contributed by atoms with Gasteiger partial charge < -0.3 is 15.5 Å². The second-order valence-corrected chi connectivity index (χ2v) is 7.90. The summed E-state index contributed by atoms with van der Waals surface area (Å²) in [5, 5.41) is 10.8. The first kappa shape index (κ1) is 18.7. The predicted molar refractivity (Wildman–Crippen MR) is 105 cm³/mol. The number of hydrogen-bond donors (Lipinski definition) is 2. The number of benzene rings is 1. The second kappa shape index (κ2) is 7.75. The third-order valence-corrected chi connectivity index (χ3v) is 5.66. The highest BCUT2D eigenvalue weighted by Crippen LogP contribution is 2.36. The van der Waals surface area contributed by atoms with Crippen LogP contribution in [0.4, 0.5) is 0 Å². The van der Waals surface area contributed by atoms with Gasteiger partial charge in [0.25, 0.3) is 0 Å². The van der Waals surface area contributed by atoms with Gasteiger partial charge in [0.05, 0.1) is 12.2 Å². The molecule has 7 heteroatoms. The lowest BCUT2D eigenvalue weighted by molar-refractivity contribution is -0.127. The van der Waals surface area contributed by atoms with Crippen LogP contribution >= 0.6 is 0 Å². The van der Waals surface area contributed by atoms with Gasteiger partial charge in [-0.15, -0.1) is 0 Å². The van der Waals surface area contributed by atoms with E-state index in [9.17, 15) is 9.59 Å².